The molecule has 4 bridgehead atoms. The number of hydrogen-bond donors (Lipinski definition) is 9. The molecule has 0 saturated heterocycles. The number of amides is 2. The normalized spacial score (nSPS) is 17.6. The Labute approximate surface area is 411 Å². The van der Waals surface area contributed by atoms with Crippen molar-refractivity contribution in [2.24, 2.45) is 28.4 Å². The molecular weight excluding hydrogens is 945 g/mol. The molecule has 5 rings (SSSR count). The quantitative estimate of drug-likeness (QED) is 0.0562. The van der Waals surface area contributed by atoms with Gasteiger partial charge in [-0.05, 0) is 87.4 Å². The van der Waals surface area contributed by atoms with Gasteiger partial charge in [0.25, 0.3) is 10.2 Å². The van der Waals surface area contributed by atoms with Gasteiger partial charge in [0.2, 0.25) is 11.8 Å². The van der Waals surface area contributed by atoms with Crippen molar-refractivity contribution in [2.75, 3.05) is 39.9 Å². The number of rotatable bonds is 20. The van der Waals surface area contributed by atoms with Crippen molar-refractivity contribution in [1.82, 2.24) is 24.9 Å². The topological polar surface area (TPSA) is 359 Å². The average Bonchev–Trinajstić information content (AvgIpc) is 3.30. The van der Waals surface area contributed by atoms with Crippen LogP contribution < -0.4 is 40.9 Å². The number of hydrogen-bond acceptors (Lipinski definition) is 17. The first-order valence-corrected chi connectivity index (χ1v) is 24.2. The highest BCUT2D eigenvalue weighted by Crippen LogP contribution is 2.45. The van der Waals surface area contributed by atoms with Gasteiger partial charge in [-0.3, -0.25) is 19.2 Å². The third-order valence-corrected chi connectivity index (χ3v) is 12.1. The smallest absolute Gasteiger partial charge is 0.326 e. The summed E-state index contributed by atoms with van der Waals surface area (Å²) in [6.45, 7) is 6.39. The van der Waals surface area contributed by atoms with Crippen LogP contribution in [0.25, 0.3) is 22.5 Å². The van der Waals surface area contributed by atoms with Crippen LogP contribution in [0, 0.1) is 25.7 Å². The highest BCUT2D eigenvalue weighted by Gasteiger charge is 2.38. The predicted molar refractivity (Wildman–Crippen MR) is 258 cm³/mol. The molecule has 0 unspecified atom stereocenters. The summed E-state index contributed by atoms with van der Waals surface area (Å²) in [5.41, 5.74) is 12.8. The van der Waals surface area contributed by atoms with Crippen LogP contribution in [-0.2, 0) is 35.8 Å². The Morgan fingerprint density at radius 2 is 1.51 bits per heavy atom. The predicted octanol–water partition coefficient (Wildman–Crippen LogP) is 1.22. The van der Waals surface area contributed by atoms with E-state index < -0.39 is 107 Å². The number of aromatic hydroxyl groups is 1. The molecule has 3 aromatic carbocycles. The van der Waals surface area contributed by atoms with E-state index in [-0.39, 0.29) is 77.4 Å². The number of aromatic nitrogens is 2. The molecule has 2 heterocycles. The number of aliphatic hydroxyl groups excluding tert-OH is 2. The number of carbonyl (C=O) groups is 5. The Morgan fingerprint density at radius 3 is 2.07 bits per heavy atom. The fourth-order valence-electron chi connectivity index (χ4n) is 7.94. The van der Waals surface area contributed by atoms with E-state index in [1.807, 2.05) is 13.8 Å². The van der Waals surface area contributed by atoms with Gasteiger partial charge in [-0.2, -0.15) is 8.42 Å². The van der Waals surface area contributed by atoms with Crippen molar-refractivity contribution in [3.8, 4) is 45.5 Å². The minimum Gasteiger partial charge on any atom is -0.504 e. The van der Waals surface area contributed by atoms with Crippen LogP contribution in [0.15, 0.2) is 54.6 Å². The second kappa shape index (κ2) is 24.0. The number of aryl methyl sites for hydroxylation is 2. The van der Waals surface area contributed by atoms with Crippen LogP contribution >= 0.6 is 0 Å². The summed E-state index contributed by atoms with van der Waals surface area (Å²) >= 11 is 0. The van der Waals surface area contributed by atoms with E-state index in [1.54, 1.807) is 38.1 Å². The van der Waals surface area contributed by atoms with Gasteiger partial charge >= 0.3 is 5.97 Å². The first kappa shape index (κ1) is 55.3. The molecule has 22 nitrogen and oxygen atoms in total. The van der Waals surface area contributed by atoms with Crippen LogP contribution in [0.2, 0.25) is 0 Å². The zero-order chi connectivity index (χ0) is 52.5. The molecule has 23 heteroatoms. The van der Waals surface area contributed by atoms with Crippen molar-refractivity contribution in [3.05, 3.63) is 82.7 Å². The number of aliphatic hydroxyl groups is 2. The number of phenols is 1. The number of ketones is 2. The van der Waals surface area contributed by atoms with Crippen LogP contribution in [0.4, 0.5) is 0 Å². The lowest BCUT2D eigenvalue weighted by Gasteiger charge is -2.32. The molecular formula is C48H62N8O14S. The number of carboxylic acids is 1. The lowest BCUT2D eigenvalue weighted by Crippen LogP contribution is -2.46. The highest BCUT2D eigenvalue weighted by molar-refractivity contribution is 7.87. The third kappa shape index (κ3) is 14.5. The molecule has 1 aliphatic rings. The number of carboxylic acid groups (broad SMARTS) is 1. The number of aliphatic carboxylic acids is 1. The second-order valence-electron chi connectivity index (χ2n) is 17.7. The molecule has 2 amide bonds. The van der Waals surface area contributed by atoms with E-state index in [0.717, 1.165) is 4.90 Å². The van der Waals surface area contributed by atoms with E-state index in [0.29, 0.717) is 22.7 Å². The van der Waals surface area contributed by atoms with Crippen molar-refractivity contribution in [1.29, 1.82) is 0 Å². The summed E-state index contributed by atoms with van der Waals surface area (Å²) in [6.07, 6.45) is -3.93. The molecule has 4 aromatic rings. The van der Waals surface area contributed by atoms with Gasteiger partial charge in [-0.15, -0.1) is 0 Å². The molecule has 0 spiro atoms. The number of carbonyl (C=O) groups excluding carboxylic acids is 4. The van der Waals surface area contributed by atoms with Gasteiger partial charge in [-0.1, -0.05) is 13.0 Å². The fraction of sp³-hybridized carbons (Fsp3) is 0.438. The van der Waals surface area contributed by atoms with Crippen molar-refractivity contribution >= 4 is 39.6 Å². The van der Waals surface area contributed by atoms with Gasteiger partial charge in [0, 0.05) is 68.6 Å². The maximum Gasteiger partial charge on any atom is 0.326 e. The number of fused-ring (bicyclic) bond motifs is 5. The number of benzene rings is 3. The Morgan fingerprint density at radius 1 is 0.901 bits per heavy atom. The largest absolute Gasteiger partial charge is 0.504 e. The second-order valence-corrected chi connectivity index (χ2v) is 19.1. The molecule has 0 saturated carbocycles. The van der Waals surface area contributed by atoms with Crippen molar-refractivity contribution in [3.63, 3.8) is 0 Å². The maximum absolute atomic E-state index is 15.0. The number of likely N-dealkylation sites (N-methyl/N-ethyl adjacent to an activating group) is 1. The number of ether oxygens (including phenoxy) is 3. The molecule has 1 aromatic heterocycles. The monoisotopic (exact) mass is 1010 g/mol. The van der Waals surface area contributed by atoms with Gasteiger partial charge in [0.15, 0.2) is 28.9 Å². The van der Waals surface area contributed by atoms with Crippen LogP contribution in [0.5, 0.6) is 23.0 Å². The molecule has 1 aliphatic heterocycles. The summed E-state index contributed by atoms with van der Waals surface area (Å²) in [5, 5.41) is 50.6. The molecule has 0 fully saturated rings. The average molecular weight is 1010 g/mol. The Balaban J connectivity index is 1.66. The number of phenolic OH excluding ortho intramolecular Hbond substituents is 1. The molecule has 384 valence electrons. The highest BCUT2D eigenvalue weighted by atomic mass is 32.2. The Hall–Kier alpha value is -6.60. The zero-order valence-corrected chi connectivity index (χ0v) is 41.1. The van der Waals surface area contributed by atoms with Crippen molar-refractivity contribution < 1.29 is 67.0 Å². The Kier molecular flexibility index (Phi) is 18.7. The molecule has 0 radical (unpaired) electrons. The minimum absolute atomic E-state index is 0.0359. The Bertz CT molecular complexity index is 2700. The van der Waals surface area contributed by atoms with E-state index in [1.165, 1.54) is 44.3 Å². The molecule has 6 atom stereocenters. The number of Topliss-reactive ketones (excluding diaryl/α,β-unsaturated/α-hetero) is 2. The van der Waals surface area contributed by atoms with E-state index in [4.69, 9.17) is 30.8 Å². The summed E-state index contributed by atoms with van der Waals surface area (Å²) in [6, 6.07) is 10.8. The summed E-state index contributed by atoms with van der Waals surface area (Å²) in [5.74, 6) is -7.25. The molecule has 12 N–H and O–H groups in total. The summed E-state index contributed by atoms with van der Waals surface area (Å²) in [7, 11) is -3.26. The van der Waals surface area contributed by atoms with E-state index >= 15 is 0 Å². The van der Waals surface area contributed by atoms with Gasteiger partial charge in [-0.25, -0.2) is 24.6 Å². The number of nitrogens with two attached hydrogens (primary N) is 3. The first-order valence-electron chi connectivity index (χ1n) is 22.7. The lowest BCUT2D eigenvalue weighted by atomic mass is 9.88. The fourth-order valence-corrected chi connectivity index (χ4v) is 8.37. The number of nitrogens with zero attached hydrogens (tertiary/aromatic N) is 3. The minimum atomic E-state index is -4.47. The van der Waals surface area contributed by atoms with Gasteiger partial charge in [0.05, 0.1) is 29.0 Å². The summed E-state index contributed by atoms with van der Waals surface area (Å²) in [4.78, 5) is 80.4. The van der Waals surface area contributed by atoms with Gasteiger partial charge < -0.3 is 56.3 Å². The van der Waals surface area contributed by atoms with E-state index in [9.17, 15) is 52.8 Å². The SMILES string of the molecule is Cc1nc(-c2ccc(OC(C)C)cc2)nc(C)c1C(=O)C[C@@H](CNS(N)(=O)=O)C(=O)N(C)[C@@H]1C(=O)C[C@@H](C)C(=O)N[C@H](C(=O)O)Cc2ccc(OC[C@H](O)CN)c(c2)-c2cc1cc(OC[C@H](O)CN)c2O. The maximum atomic E-state index is 15.0. The van der Waals surface area contributed by atoms with Gasteiger partial charge in [0.1, 0.15) is 49.0 Å². The lowest BCUT2D eigenvalue weighted by molar-refractivity contribution is -0.143. The first-order chi connectivity index (χ1) is 33.4. The van der Waals surface area contributed by atoms with Crippen LogP contribution in [0.1, 0.15) is 72.5 Å². The van der Waals surface area contributed by atoms with Crippen LogP contribution in [0.3, 0.4) is 0 Å². The summed E-state index contributed by atoms with van der Waals surface area (Å²) < 4.78 is 44.3. The zero-order valence-electron chi connectivity index (χ0n) is 40.2. The molecule has 0 aliphatic carbocycles. The third-order valence-electron chi connectivity index (χ3n) is 11.5. The number of nitrogens with one attached hydrogen (secondary N) is 2. The molecule has 71 heavy (non-hydrogen) atoms. The van der Waals surface area contributed by atoms with Crippen molar-refractivity contribution in [2.45, 2.75) is 84.3 Å². The standard InChI is InChI=1S/C48H62N8O14S/c1-24(2)70-34-10-8-29(9-11-34)45-53-26(4)42(27(5)54-45)38(59)17-31(21-52-71(51,66)67)47(63)56(6)43-30-16-36(44(61)41(18-30)69-23-33(58)20-50)35-14-28(7-12-40(35)68-22-32(57)19-49)15-37(48(64)65)55-46(62)25(3)13-39(43)60/h7-12,14,16,18,24-25,31-33,37,43,52,57-58,61H,13,15,17,19-23,49-50H2,1-6H3,(H,55,62)(H,64,65)(H2,51,66,67)/t25-,31+,32-,33-,37+,43+/m1/s1. The van der Waals surface area contributed by atoms with Crippen LogP contribution in [-0.4, -0.2) is 137 Å². The van der Waals surface area contributed by atoms with E-state index in [2.05, 4.69) is 20.0 Å².